The van der Waals surface area contributed by atoms with Crippen molar-refractivity contribution in [1.82, 2.24) is 10.2 Å². The van der Waals surface area contributed by atoms with Crippen LogP contribution in [-0.2, 0) is 24.2 Å². The van der Waals surface area contributed by atoms with Crippen molar-refractivity contribution in [2.75, 3.05) is 19.6 Å². The molecule has 5 heteroatoms. The van der Waals surface area contributed by atoms with Gasteiger partial charge in [0.25, 0.3) is 0 Å². The molecule has 0 bridgehead atoms. The summed E-state index contributed by atoms with van der Waals surface area (Å²) in [6, 6.07) is 12.8. The van der Waals surface area contributed by atoms with Gasteiger partial charge in [-0.05, 0) is 66.6 Å². The first-order chi connectivity index (χ1) is 14.4. The van der Waals surface area contributed by atoms with Crippen LogP contribution in [0.15, 0.2) is 36.4 Å². The summed E-state index contributed by atoms with van der Waals surface area (Å²) in [7, 11) is 0. The number of aldehydes is 1. The van der Waals surface area contributed by atoms with Gasteiger partial charge in [0.2, 0.25) is 0 Å². The van der Waals surface area contributed by atoms with Gasteiger partial charge in [-0.15, -0.1) is 0 Å². The fourth-order valence-electron chi connectivity index (χ4n) is 4.66. The molecule has 1 aliphatic carbocycles. The molecule has 0 aliphatic heterocycles. The summed E-state index contributed by atoms with van der Waals surface area (Å²) in [5.41, 5.74) is 5.27. The summed E-state index contributed by atoms with van der Waals surface area (Å²) in [5, 5.41) is 4.71. The smallest absolute Gasteiger partial charge is 0.123 e. The zero-order chi connectivity index (χ0) is 21.7. The van der Waals surface area contributed by atoms with Crippen molar-refractivity contribution in [2.45, 2.75) is 52.1 Å². The Balaban J connectivity index is 1.78. The maximum Gasteiger partial charge on any atom is 0.123 e. The lowest BCUT2D eigenvalue weighted by molar-refractivity contribution is -0.110. The normalized spacial score (nSPS) is 17.7. The number of carbonyl (C=O) groups is 1. The molecule has 0 fully saturated rings. The number of fused-ring (bicyclic) bond motifs is 1. The van der Waals surface area contributed by atoms with Gasteiger partial charge >= 0.3 is 0 Å². The molecule has 0 radical (unpaired) electrons. The summed E-state index contributed by atoms with van der Waals surface area (Å²) in [4.78, 5) is 13.8. The van der Waals surface area contributed by atoms with E-state index >= 15 is 0 Å². The third-order valence-corrected chi connectivity index (χ3v) is 6.73. The van der Waals surface area contributed by atoms with Gasteiger partial charge in [-0.25, -0.2) is 0 Å². The van der Waals surface area contributed by atoms with Gasteiger partial charge in [0.05, 0.1) is 10.0 Å². The Hall–Kier alpha value is -1.39. The maximum atomic E-state index is 11.3. The van der Waals surface area contributed by atoms with Crippen LogP contribution in [0.1, 0.15) is 48.9 Å². The Morgan fingerprint density at radius 1 is 1.13 bits per heavy atom. The van der Waals surface area contributed by atoms with Crippen molar-refractivity contribution in [2.24, 2.45) is 5.92 Å². The van der Waals surface area contributed by atoms with Gasteiger partial charge in [-0.3, -0.25) is 4.90 Å². The molecule has 2 aromatic rings. The quantitative estimate of drug-likeness (QED) is 0.488. The van der Waals surface area contributed by atoms with Crippen LogP contribution in [0.2, 0.25) is 10.0 Å². The fourth-order valence-corrected chi connectivity index (χ4v) is 4.98. The minimum Gasteiger partial charge on any atom is -0.313 e. The molecule has 0 saturated heterocycles. The molecule has 2 aromatic carbocycles. The summed E-state index contributed by atoms with van der Waals surface area (Å²) in [5.74, 6) is 0.511. The highest BCUT2D eigenvalue weighted by molar-refractivity contribution is 6.42. The zero-order valence-electron chi connectivity index (χ0n) is 18.1. The number of halogens is 2. The SMILES string of the molecule is CCNC(C)CN(Cc1ccc(Cl)c(Cl)c1)CC(C)c1cccc2c1CC(C=O)C2. The maximum absolute atomic E-state index is 11.3. The largest absolute Gasteiger partial charge is 0.313 e. The molecule has 3 unspecified atom stereocenters. The number of rotatable bonds is 10. The number of likely N-dealkylation sites (N-methyl/N-ethyl adjacent to an activating group) is 1. The Morgan fingerprint density at radius 2 is 1.93 bits per heavy atom. The molecule has 0 aromatic heterocycles. The van der Waals surface area contributed by atoms with Gasteiger partial charge < -0.3 is 10.1 Å². The molecule has 3 rings (SSSR count). The highest BCUT2D eigenvalue weighted by atomic mass is 35.5. The van der Waals surface area contributed by atoms with E-state index in [0.29, 0.717) is 22.0 Å². The molecule has 0 amide bonds. The van der Waals surface area contributed by atoms with Crippen molar-refractivity contribution in [3.63, 3.8) is 0 Å². The molecule has 0 spiro atoms. The monoisotopic (exact) mass is 446 g/mol. The van der Waals surface area contributed by atoms with Gasteiger partial charge in [0, 0.05) is 31.6 Å². The van der Waals surface area contributed by atoms with E-state index in [1.807, 2.05) is 12.1 Å². The lowest BCUT2D eigenvalue weighted by atomic mass is 9.92. The molecular formula is C25H32Cl2N2O. The summed E-state index contributed by atoms with van der Waals surface area (Å²) < 4.78 is 0. The van der Waals surface area contributed by atoms with Crippen LogP contribution >= 0.6 is 23.2 Å². The van der Waals surface area contributed by atoms with Crippen molar-refractivity contribution >= 4 is 29.5 Å². The summed E-state index contributed by atoms with van der Waals surface area (Å²) in [6.45, 7) is 10.3. The molecule has 1 aliphatic rings. The van der Waals surface area contributed by atoms with Crippen molar-refractivity contribution < 1.29 is 4.79 Å². The van der Waals surface area contributed by atoms with Crippen LogP contribution in [0.5, 0.6) is 0 Å². The number of benzene rings is 2. The number of carbonyl (C=O) groups excluding carboxylic acids is 1. The topological polar surface area (TPSA) is 32.3 Å². The van der Waals surface area contributed by atoms with E-state index in [9.17, 15) is 4.79 Å². The first-order valence-electron chi connectivity index (χ1n) is 10.9. The van der Waals surface area contributed by atoms with Crippen LogP contribution in [-0.4, -0.2) is 36.9 Å². The van der Waals surface area contributed by atoms with Gasteiger partial charge in [-0.2, -0.15) is 0 Å². The number of hydrogen-bond donors (Lipinski definition) is 1. The highest BCUT2D eigenvalue weighted by Gasteiger charge is 2.26. The standard InChI is InChI=1S/C25H32Cl2N2O/c1-4-28-18(3)14-29(15-19-8-9-24(26)25(27)12-19)13-17(2)22-7-5-6-21-10-20(16-30)11-23(21)22/h5-9,12,16-18,20,28H,4,10-11,13-15H2,1-3H3. The zero-order valence-corrected chi connectivity index (χ0v) is 19.6. The minimum atomic E-state index is 0.134. The third-order valence-electron chi connectivity index (χ3n) is 5.99. The average molecular weight is 447 g/mol. The third kappa shape index (κ3) is 5.85. The van der Waals surface area contributed by atoms with Crippen molar-refractivity contribution in [3.05, 3.63) is 68.7 Å². The predicted molar refractivity (Wildman–Crippen MR) is 127 cm³/mol. The first kappa shape index (κ1) is 23.3. The number of hydrogen-bond acceptors (Lipinski definition) is 3. The average Bonchev–Trinajstić information content (AvgIpc) is 3.14. The lowest BCUT2D eigenvalue weighted by Crippen LogP contribution is -2.40. The molecule has 0 heterocycles. The fraction of sp³-hybridized carbons (Fsp3) is 0.480. The van der Waals surface area contributed by atoms with Crippen LogP contribution in [0, 0.1) is 5.92 Å². The molecule has 162 valence electrons. The van der Waals surface area contributed by atoms with Crippen molar-refractivity contribution in [3.8, 4) is 0 Å². The number of nitrogens with one attached hydrogen (secondary N) is 1. The van der Waals surface area contributed by atoms with Crippen LogP contribution in [0.25, 0.3) is 0 Å². The highest BCUT2D eigenvalue weighted by Crippen LogP contribution is 2.33. The molecule has 30 heavy (non-hydrogen) atoms. The predicted octanol–water partition coefficient (Wildman–Crippen LogP) is 5.51. The molecule has 3 atom stereocenters. The van der Waals surface area contributed by atoms with Crippen molar-refractivity contribution in [1.29, 1.82) is 0 Å². The van der Waals surface area contributed by atoms with Crippen LogP contribution < -0.4 is 5.32 Å². The van der Waals surface area contributed by atoms with Gasteiger partial charge in [0.15, 0.2) is 0 Å². The van der Waals surface area contributed by atoms with Crippen LogP contribution in [0.4, 0.5) is 0 Å². The van der Waals surface area contributed by atoms with E-state index in [1.54, 1.807) is 0 Å². The molecule has 1 N–H and O–H groups in total. The minimum absolute atomic E-state index is 0.134. The van der Waals surface area contributed by atoms with E-state index in [1.165, 1.54) is 22.3 Å². The Kier molecular flexibility index (Phi) is 8.35. The van der Waals surface area contributed by atoms with E-state index in [-0.39, 0.29) is 5.92 Å². The second kappa shape index (κ2) is 10.8. The van der Waals surface area contributed by atoms with Gasteiger partial charge in [-0.1, -0.05) is 61.3 Å². The van der Waals surface area contributed by atoms with Crippen LogP contribution in [0.3, 0.4) is 0 Å². The van der Waals surface area contributed by atoms with E-state index < -0.39 is 0 Å². The number of nitrogens with zero attached hydrogens (tertiary/aromatic N) is 1. The molecular weight excluding hydrogens is 415 g/mol. The van der Waals surface area contributed by atoms with E-state index in [4.69, 9.17) is 23.2 Å². The second-order valence-corrected chi connectivity index (χ2v) is 9.41. The van der Waals surface area contributed by atoms with E-state index in [2.05, 4.69) is 55.3 Å². The lowest BCUT2D eigenvalue weighted by Gasteiger charge is -2.30. The Bertz CT molecular complexity index is 870. The van der Waals surface area contributed by atoms with E-state index in [0.717, 1.165) is 45.3 Å². The summed E-state index contributed by atoms with van der Waals surface area (Å²) in [6.07, 6.45) is 2.87. The van der Waals surface area contributed by atoms with Gasteiger partial charge in [0.1, 0.15) is 6.29 Å². The summed E-state index contributed by atoms with van der Waals surface area (Å²) >= 11 is 12.4. The first-order valence-corrected chi connectivity index (χ1v) is 11.6. The molecule has 3 nitrogen and oxygen atoms in total. The second-order valence-electron chi connectivity index (χ2n) is 8.59. The Labute approximate surface area is 190 Å². The molecule has 0 saturated carbocycles. The Morgan fingerprint density at radius 3 is 2.63 bits per heavy atom.